The third-order valence-corrected chi connectivity index (χ3v) is 5.14. The molecule has 0 bridgehead atoms. The van der Waals surface area contributed by atoms with Gasteiger partial charge < -0.3 is 0 Å². The minimum absolute atomic E-state index is 0.00259. The molecule has 8 nitrogen and oxygen atoms in total. The predicted octanol–water partition coefficient (Wildman–Crippen LogP) is 3.94. The van der Waals surface area contributed by atoms with Crippen molar-refractivity contribution in [1.29, 1.82) is 0 Å². The van der Waals surface area contributed by atoms with Crippen molar-refractivity contribution >= 4 is 29.1 Å². The van der Waals surface area contributed by atoms with Crippen LogP contribution in [-0.2, 0) is 0 Å². The van der Waals surface area contributed by atoms with Gasteiger partial charge in [0.05, 0.1) is 21.6 Å². The van der Waals surface area contributed by atoms with Crippen molar-refractivity contribution < 1.29 is 23.7 Å². The van der Waals surface area contributed by atoms with Crippen molar-refractivity contribution in [2.45, 2.75) is 6.92 Å². The Morgan fingerprint density at radius 3 is 2.31 bits per heavy atom. The van der Waals surface area contributed by atoms with Gasteiger partial charge in [-0.1, -0.05) is 29.8 Å². The van der Waals surface area contributed by atoms with E-state index in [0.717, 1.165) is 33.6 Å². The van der Waals surface area contributed by atoms with Crippen LogP contribution in [0.25, 0.3) is 0 Å². The molecule has 32 heavy (non-hydrogen) atoms. The number of amides is 3. The molecule has 1 aliphatic rings. The van der Waals surface area contributed by atoms with Crippen LogP contribution >= 0.6 is 0 Å². The molecule has 3 amide bonds. The number of benzene rings is 3. The second-order valence-corrected chi connectivity index (χ2v) is 7.22. The maximum absolute atomic E-state index is 14.3. The number of carbonyl (C=O) groups is 3. The van der Waals surface area contributed by atoms with Crippen LogP contribution in [0, 0.1) is 22.9 Å². The van der Waals surface area contributed by atoms with Gasteiger partial charge in [-0.05, 0) is 37.3 Å². The van der Waals surface area contributed by atoms with Crippen LogP contribution < -0.4 is 4.90 Å². The number of aryl methyl sites for hydroxylation is 1. The van der Waals surface area contributed by atoms with Crippen LogP contribution in [0.1, 0.15) is 36.6 Å². The normalized spacial score (nSPS) is 12.6. The number of hydrogen-bond acceptors (Lipinski definition) is 5. The molecule has 0 radical (unpaired) electrons. The Hall–Kier alpha value is -4.40. The van der Waals surface area contributed by atoms with Gasteiger partial charge in [-0.25, -0.2) is 4.39 Å². The summed E-state index contributed by atoms with van der Waals surface area (Å²) in [7, 11) is 0. The van der Waals surface area contributed by atoms with E-state index in [1.165, 1.54) is 24.3 Å². The summed E-state index contributed by atoms with van der Waals surface area (Å²) in [5, 5.41) is 11.0. The number of nitro benzene ring substituents is 1. The molecule has 4 rings (SSSR count). The number of imide groups is 1. The lowest BCUT2D eigenvalue weighted by Crippen LogP contribution is -2.44. The summed E-state index contributed by atoms with van der Waals surface area (Å²) < 4.78 is 14.3. The number of anilines is 1. The fourth-order valence-corrected chi connectivity index (χ4v) is 3.43. The van der Waals surface area contributed by atoms with Gasteiger partial charge in [-0.2, -0.15) is 0 Å². The maximum Gasteiger partial charge on any atom is 0.270 e. The van der Waals surface area contributed by atoms with Gasteiger partial charge in [0, 0.05) is 17.8 Å². The number of non-ortho nitro benzene ring substituents is 1. The van der Waals surface area contributed by atoms with Crippen LogP contribution in [-0.4, -0.2) is 34.2 Å². The standard InChI is InChI=1S/C23H16FN3O5/c1-14-6-8-15(9-7-14)25(22(29)18-4-2-3-5-20(18)24)13-26-21(28)17-11-10-16(27(31)32)12-19(17)23(26)30/h2-12H,13H2,1H3. The third kappa shape index (κ3) is 3.60. The Kier molecular flexibility index (Phi) is 5.23. The smallest absolute Gasteiger partial charge is 0.270 e. The van der Waals surface area contributed by atoms with Gasteiger partial charge in [-0.3, -0.25) is 34.3 Å². The fourth-order valence-electron chi connectivity index (χ4n) is 3.43. The summed E-state index contributed by atoms with van der Waals surface area (Å²) in [5.74, 6) is -2.95. The van der Waals surface area contributed by atoms with E-state index in [9.17, 15) is 28.9 Å². The predicted molar refractivity (Wildman–Crippen MR) is 113 cm³/mol. The molecule has 0 atom stereocenters. The van der Waals surface area contributed by atoms with E-state index in [0.29, 0.717) is 5.69 Å². The van der Waals surface area contributed by atoms with E-state index >= 15 is 0 Å². The van der Waals surface area contributed by atoms with Crippen molar-refractivity contribution in [3.63, 3.8) is 0 Å². The Bertz CT molecular complexity index is 1270. The summed E-state index contributed by atoms with van der Waals surface area (Å²) in [6.07, 6.45) is 0. The number of halogens is 1. The lowest BCUT2D eigenvalue weighted by molar-refractivity contribution is -0.384. The topological polar surface area (TPSA) is 101 Å². The van der Waals surface area contributed by atoms with Crippen molar-refractivity contribution in [1.82, 2.24) is 4.90 Å². The highest BCUT2D eigenvalue weighted by Gasteiger charge is 2.39. The average Bonchev–Trinajstić information content (AvgIpc) is 3.02. The van der Waals surface area contributed by atoms with Gasteiger partial charge >= 0.3 is 0 Å². The first-order chi connectivity index (χ1) is 15.3. The number of fused-ring (bicyclic) bond motifs is 1. The van der Waals surface area contributed by atoms with Gasteiger partial charge in [-0.15, -0.1) is 0 Å². The molecule has 0 N–H and O–H groups in total. The zero-order valence-corrected chi connectivity index (χ0v) is 16.8. The highest BCUT2D eigenvalue weighted by molar-refractivity contribution is 6.22. The summed E-state index contributed by atoms with van der Waals surface area (Å²) in [6.45, 7) is 1.36. The Balaban J connectivity index is 1.73. The first-order valence-corrected chi connectivity index (χ1v) is 9.55. The zero-order valence-electron chi connectivity index (χ0n) is 16.8. The molecule has 3 aromatic carbocycles. The lowest BCUT2D eigenvalue weighted by Gasteiger charge is -2.27. The van der Waals surface area contributed by atoms with Gasteiger partial charge in [0.15, 0.2) is 0 Å². The molecular weight excluding hydrogens is 417 g/mol. The first-order valence-electron chi connectivity index (χ1n) is 9.55. The molecule has 0 saturated carbocycles. The van der Waals surface area contributed by atoms with E-state index in [1.54, 1.807) is 24.3 Å². The molecule has 1 heterocycles. The van der Waals surface area contributed by atoms with Crippen molar-refractivity contribution in [2.75, 3.05) is 11.6 Å². The number of nitrogens with zero attached hydrogens (tertiary/aromatic N) is 3. The third-order valence-electron chi connectivity index (χ3n) is 5.14. The second-order valence-electron chi connectivity index (χ2n) is 7.22. The number of rotatable bonds is 5. The Labute approximate surface area is 181 Å². The molecule has 0 unspecified atom stereocenters. The number of carbonyl (C=O) groups excluding carboxylic acids is 3. The lowest BCUT2D eigenvalue weighted by atomic mass is 10.1. The molecule has 0 aliphatic carbocycles. The van der Waals surface area contributed by atoms with Crippen molar-refractivity contribution in [3.05, 3.63) is 105 Å². The summed E-state index contributed by atoms with van der Waals surface area (Å²) in [4.78, 5) is 51.3. The molecule has 0 saturated heterocycles. The van der Waals surface area contributed by atoms with E-state index in [4.69, 9.17) is 0 Å². The monoisotopic (exact) mass is 433 g/mol. The quantitative estimate of drug-likeness (QED) is 0.345. The summed E-state index contributed by atoms with van der Waals surface area (Å²) in [6, 6.07) is 15.5. The minimum atomic E-state index is -0.771. The van der Waals surface area contributed by atoms with E-state index in [1.807, 2.05) is 6.92 Å². The van der Waals surface area contributed by atoms with Gasteiger partial charge in [0.2, 0.25) is 0 Å². The zero-order chi connectivity index (χ0) is 23.0. The second kappa shape index (κ2) is 8.03. The molecule has 0 spiro atoms. The average molecular weight is 433 g/mol. The highest BCUT2D eigenvalue weighted by Crippen LogP contribution is 2.28. The number of hydrogen-bond donors (Lipinski definition) is 0. The Morgan fingerprint density at radius 1 is 1.00 bits per heavy atom. The van der Waals surface area contributed by atoms with Gasteiger partial charge in [0.25, 0.3) is 23.4 Å². The van der Waals surface area contributed by atoms with Crippen LogP contribution in [0.4, 0.5) is 15.8 Å². The Morgan fingerprint density at radius 2 is 1.66 bits per heavy atom. The molecule has 1 aliphatic heterocycles. The largest absolute Gasteiger partial charge is 0.289 e. The van der Waals surface area contributed by atoms with E-state index in [-0.39, 0.29) is 22.4 Å². The van der Waals surface area contributed by atoms with Crippen LogP contribution in [0.5, 0.6) is 0 Å². The van der Waals surface area contributed by atoms with Crippen molar-refractivity contribution in [3.8, 4) is 0 Å². The maximum atomic E-state index is 14.3. The first kappa shape index (κ1) is 20.9. The van der Waals surface area contributed by atoms with Crippen LogP contribution in [0.2, 0.25) is 0 Å². The van der Waals surface area contributed by atoms with Crippen molar-refractivity contribution in [2.24, 2.45) is 0 Å². The fraction of sp³-hybridized carbons (Fsp3) is 0.0870. The molecule has 3 aromatic rings. The molecular formula is C23H16FN3O5. The van der Waals surface area contributed by atoms with Crippen LogP contribution in [0.3, 0.4) is 0 Å². The van der Waals surface area contributed by atoms with Crippen LogP contribution in [0.15, 0.2) is 66.7 Å². The van der Waals surface area contributed by atoms with E-state index < -0.39 is 35.1 Å². The molecule has 0 fully saturated rings. The minimum Gasteiger partial charge on any atom is -0.289 e. The summed E-state index contributed by atoms with van der Waals surface area (Å²) in [5.41, 5.74) is 0.602. The molecule has 9 heteroatoms. The van der Waals surface area contributed by atoms with Gasteiger partial charge in [0.1, 0.15) is 12.5 Å². The number of nitro groups is 1. The van der Waals surface area contributed by atoms with E-state index in [2.05, 4.69) is 0 Å². The highest BCUT2D eigenvalue weighted by atomic mass is 19.1. The molecule has 0 aromatic heterocycles. The molecule has 160 valence electrons. The summed E-state index contributed by atoms with van der Waals surface area (Å²) >= 11 is 0. The SMILES string of the molecule is Cc1ccc(N(CN2C(=O)c3ccc([N+](=O)[O-])cc3C2=O)C(=O)c2ccccc2F)cc1.